The van der Waals surface area contributed by atoms with Gasteiger partial charge in [0.05, 0.1) is 7.11 Å². The molecule has 0 aliphatic carbocycles. The summed E-state index contributed by atoms with van der Waals surface area (Å²) in [6.07, 6.45) is 0.920. The van der Waals surface area contributed by atoms with E-state index in [1.807, 2.05) is 55.5 Å². The number of rotatable bonds is 8. The summed E-state index contributed by atoms with van der Waals surface area (Å²) in [5.74, 6) is 1.50. The largest absolute Gasteiger partial charge is 0.497 e. The van der Waals surface area contributed by atoms with Crippen molar-refractivity contribution in [2.45, 2.75) is 26.4 Å². The fraction of sp³-hybridized carbons (Fsp3) is 0.333. The molecule has 28 heavy (non-hydrogen) atoms. The van der Waals surface area contributed by atoms with E-state index in [0.29, 0.717) is 31.2 Å². The van der Waals surface area contributed by atoms with Crippen LogP contribution in [-0.2, 0) is 13.1 Å². The lowest BCUT2D eigenvalue weighted by Crippen LogP contribution is -2.36. The first-order chi connectivity index (χ1) is 13.2. The highest BCUT2D eigenvalue weighted by Crippen LogP contribution is 2.11. The molecule has 0 saturated carbocycles. The van der Waals surface area contributed by atoms with Crippen molar-refractivity contribution in [3.8, 4) is 5.75 Å². The fourth-order valence-electron chi connectivity index (χ4n) is 2.50. The second kappa shape index (κ2) is 13.0. The molecular formula is C21H29IN4O2. The van der Waals surface area contributed by atoms with Crippen LogP contribution in [0.5, 0.6) is 5.75 Å². The standard InChI is InChI=1S/C21H28N4O2.HI/c1-4-12-23-20(26)18-7-5-6-17(13-18)15-25-21(22-2)24-14-16-8-10-19(27-3)11-9-16;/h5-11,13H,4,12,14-15H2,1-3H3,(H,23,26)(H2,22,24,25);1H. The van der Waals surface area contributed by atoms with Gasteiger partial charge in [-0.25, -0.2) is 0 Å². The Morgan fingerprint density at radius 1 is 1.00 bits per heavy atom. The third-order valence-electron chi connectivity index (χ3n) is 4.03. The maximum absolute atomic E-state index is 12.1. The van der Waals surface area contributed by atoms with Crippen LogP contribution in [0.4, 0.5) is 0 Å². The van der Waals surface area contributed by atoms with Gasteiger partial charge in [-0.2, -0.15) is 0 Å². The molecule has 3 N–H and O–H groups in total. The van der Waals surface area contributed by atoms with Gasteiger partial charge in [-0.05, 0) is 41.8 Å². The zero-order valence-corrected chi connectivity index (χ0v) is 18.9. The van der Waals surface area contributed by atoms with Crippen molar-refractivity contribution in [3.63, 3.8) is 0 Å². The number of nitrogens with zero attached hydrogens (tertiary/aromatic N) is 1. The van der Waals surface area contributed by atoms with Crippen molar-refractivity contribution in [2.75, 3.05) is 20.7 Å². The van der Waals surface area contributed by atoms with Crippen LogP contribution >= 0.6 is 24.0 Å². The molecule has 0 spiro atoms. The summed E-state index contributed by atoms with van der Waals surface area (Å²) in [7, 11) is 3.39. The molecule has 0 saturated heterocycles. The van der Waals surface area contributed by atoms with Crippen LogP contribution in [0.25, 0.3) is 0 Å². The average molecular weight is 496 g/mol. The van der Waals surface area contributed by atoms with Gasteiger partial charge in [-0.3, -0.25) is 9.79 Å². The highest BCUT2D eigenvalue weighted by Gasteiger charge is 2.06. The highest BCUT2D eigenvalue weighted by atomic mass is 127. The summed E-state index contributed by atoms with van der Waals surface area (Å²) in [6.45, 7) is 3.95. The summed E-state index contributed by atoms with van der Waals surface area (Å²) in [4.78, 5) is 16.3. The first kappa shape index (κ1) is 23.7. The fourth-order valence-corrected chi connectivity index (χ4v) is 2.50. The smallest absolute Gasteiger partial charge is 0.251 e. The maximum atomic E-state index is 12.1. The lowest BCUT2D eigenvalue weighted by atomic mass is 10.1. The molecular weight excluding hydrogens is 467 g/mol. The number of carbonyl (C=O) groups is 1. The van der Waals surface area contributed by atoms with E-state index in [1.54, 1.807) is 14.2 Å². The normalized spacial score (nSPS) is 10.6. The van der Waals surface area contributed by atoms with Crippen LogP contribution in [0, 0.1) is 0 Å². The molecule has 6 nitrogen and oxygen atoms in total. The Morgan fingerprint density at radius 2 is 1.68 bits per heavy atom. The Balaban J connectivity index is 0.00000392. The average Bonchev–Trinajstić information content (AvgIpc) is 2.72. The highest BCUT2D eigenvalue weighted by molar-refractivity contribution is 14.0. The van der Waals surface area contributed by atoms with Crippen LogP contribution in [-0.4, -0.2) is 32.6 Å². The van der Waals surface area contributed by atoms with E-state index in [2.05, 4.69) is 20.9 Å². The molecule has 2 aromatic carbocycles. The zero-order valence-electron chi connectivity index (χ0n) is 16.6. The predicted octanol–water partition coefficient (Wildman–Crippen LogP) is 3.32. The molecule has 0 bridgehead atoms. The Hall–Kier alpha value is -2.29. The molecule has 152 valence electrons. The van der Waals surface area contributed by atoms with Gasteiger partial charge in [0.2, 0.25) is 0 Å². The first-order valence-corrected chi connectivity index (χ1v) is 9.10. The van der Waals surface area contributed by atoms with Gasteiger partial charge < -0.3 is 20.7 Å². The number of guanidine groups is 1. The molecule has 7 heteroatoms. The van der Waals surface area contributed by atoms with E-state index >= 15 is 0 Å². The molecule has 2 aromatic rings. The number of amides is 1. The number of halogens is 1. The number of aliphatic imine (C=N–C) groups is 1. The molecule has 1 amide bonds. The number of benzene rings is 2. The minimum absolute atomic E-state index is 0. The number of nitrogens with one attached hydrogen (secondary N) is 3. The second-order valence-corrected chi connectivity index (χ2v) is 6.08. The van der Waals surface area contributed by atoms with Gasteiger partial charge >= 0.3 is 0 Å². The minimum Gasteiger partial charge on any atom is -0.497 e. The van der Waals surface area contributed by atoms with E-state index in [1.165, 1.54) is 0 Å². The SMILES string of the molecule is CCCNC(=O)c1cccc(CNC(=NC)NCc2ccc(OC)cc2)c1.I. The predicted molar refractivity (Wildman–Crippen MR) is 125 cm³/mol. The summed E-state index contributed by atoms with van der Waals surface area (Å²) < 4.78 is 5.17. The minimum atomic E-state index is -0.0410. The van der Waals surface area contributed by atoms with Crippen LogP contribution < -0.4 is 20.7 Å². The third-order valence-corrected chi connectivity index (χ3v) is 4.03. The van der Waals surface area contributed by atoms with Crippen molar-refractivity contribution < 1.29 is 9.53 Å². The van der Waals surface area contributed by atoms with Crippen LogP contribution in [0.1, 0.15) is 34.8 Å². The first-order valence-electron chi connectivity index (χ1n) is 9.10. The van der Waals surface area contributed by atoms with Gasteiger partial charge in [-0.1, -0.05) is 31.2 Å². The van der Waals surface area contributed by atoms with Gasteiger partial charge in [0.25, 0.3) is 5.91 Å². The lowest BCUT2D eigenvalue weighted by Gasteiger charge is -2.13. The van der Waals surface area contributed by atoms with Gasteiger partial charge in [-0.15, -0.1) is 24.0 Å². The molecule has 0 aromatic heterocycles. The Morgan fingerprint density at radius 3 is 2.29 bits per heavy atom. The van der Waals surface area contributed by atoms with E-state index in [4.69, 9.17) is 4.74 Å². The molecule has 0 atom stereocenters. The third kappa shape index (κ3) is 7.75. The zero-order chi connectivity index (χ0) is 19.5. The van der Waals surface area contributed by atoms with Crippen LogP contribution in [0.2, 0.25) is 0 Å². The van der Waals surface area contributed by atoms with E-state index in [0.717, 1.165) is 23.3 Å². The van der Waals surface area contributed by atoms with E-state index in [-0.39, 0.29) is 29.9 Å². The van der Waals surface area contributed by atoms with Crippen molar-refractivity contribution in [1.82, 2.24) is 16.0 Å². The van der Waals surface area contributed by atoms with Crippen molar-refractivity contribution in [1.29, 1.82) is 0 Å². The second-order valence-electron chi connectivity index (χ2n) is 6.08. The van der Waals surface area contributed by atoms with Crippen molar-refractivity contribution >= 4 is 35.8 Å². The Labute approximate surface area is 184 Å². The van der Waals surface area contributed by atoms with Gasteiger partial charge in [0.1, 0.15) is 5.75 Å². The van der Waals surface area contributed by atoms with Crippen LogP contribution in [0.15, 0.2) is 53.5 Å². The van der Waals surface area contributed by atoms with E-state index < -0.39 is 0 Å². The van der Waals surface area contributed by atoms with Crippen LogP contribution in [0.3, 0.4) is 0 Å². The summed E-state index contributed by atoms with van der Waals surface area (Å²) >= 11 is 0. The number of ether oxygens (including phenoxy) is 1. The summed E-state index contributed by atoms with van der Waals surface area (Å²) in [6, 6.07) is 15.5. The Kier molecular flexibility index (Phi) is 11.0. The molecule has 0 unspecified atom stereocenters. The number of carbonyl (C=O) groups excluding carboxylic acids is 1. The van der Waals surface area contributed by atoms with E-state index in [9.17, 15) is 4.79 Å². The topological polar surface area (TPSA) is 74.8 Å². The number of hydrogen-bond acceptors (Lipinski definition) is 3. The summed E-state index contributed by atoms with van der Waals surface area (Å²) in [5.41, 5.74) is 2.82. The molecule has 0 aliphatic rings. The van der Waals surface area contributed by atoms with Crippen molar-refractivity contribution in [2.24, 2.45) is 4.99 Å². The Bertz CT molecular complexity index is 763. The maximum Gasteiger partial charge on any atom is 0.251 e. The molecule has 0 heterocycles. The molecule has 2 rings (SSSR count). The number of hydrogen-bond donors (Lipinski definition) is 3. The summed E-state index contributed by atoms with van der Waals surface area (Å²) in [5, 5.41) is 9.44. The van der Waals surface area contributed by atoms with Gasteiger partial charge in [0.15, 0.2) is 5.96 Å². The monoisotopic (exact) mass is 496 g/mol. The molecule has 0 aliphatic heterocycles. The molecule has 0 fully saturated rings. The molecule has 0 radical (unpaired) electrons. The van der Waals surface area contributed by atoms with Crippen molar-refractivity contribution in [3.05, 3.63) is 65.2 Å². The lowest BCUT2D eigenvalue weighted by molar-refractivity contribution is 0.0953. The quantitative estimate of drug-likeness (QED) is 0.298. The van der Waals surface area contributed by atoms with Gasteiger partial charge in [0, 0.05) is 32.2 Å². The number of methoxy groups -OCH3 is 1.